The molecule has 0 bridgehead atoms. The number of hydrogen-bond donors (Lipinski definition) is 1. The highest BCUT2D eigenvalue weighted by molar-refractivity contribution is 6.01. The molecule has 8 rings (SSSR count). The summed E-state index contributed by atoms with van der Waals surface area (Å²) in [6.07, 6.45) is 7.37. The minimum absolute atomic E-state index is 0.0440. The number of phenols is 1. The van der Waals surface area contributed by atoms with Crippen molar-refractivity contribution in [1.29, 1.82) is 0 Å². The van der Waals surface area contributed by atoms with E-state index in [9.17, 15) is 14.3 Å². The summed E-state index contributed by atoms with van der Waals surface area (Å²) >= 11 is 0. The largest absolute Gasteiger partial charge is 0.508 e. The van der Waals surface area contributed by atoms with Crippen LogP contribution < -0.4 is 14.5 Å². The number of carbonyl (C=O) groups is 1. The predicted molar refractivity (Wildman–Crippen MR) is 192 cm³/mol. The monoisotopic (exact) mass is 714 g/mol. The number of carbonyl (C=O) groups excluding carboxylic acids is 1. The summed E-state index contributed by atoms with van der Waals surface area (Å²) in [6, 6.07) is 5.75. The summed E-state index contributed by atoms with van der Waals surface area (Å²) in [7, 11) is 3.77. The van der Waals surface area contributed by atoms with Gasteiger partial charge >= 0.3 is 6.01 Å². The number of aromatic nitrogens is 5. The third-order valence-electron chi connectivity index (χ3n) is 11.1. The van der Waals surface area contributed by atoms with Crippen LogP contribution in [-0.4, -0.2) is 99.2 Å². The molecule has 0 aliphatic carbocycles. The minimum atomic E-state index is -0.946. The van der Waals surface area contributed by atoms with Crippen LogP contribution in [0.3, 0.4) is 0 Å². The second-order valence-electron chi connectivity index (χ2n) is 14.5. The number of phenolic OH excluding ortho intramolecular Hbond substituents is 1. The molecule has 52 heavy (non-hydrogen) atoms. The van der Waals surface area contributed by atoms with Gasteiger partial charge in [0.25, 0.3) is 0 Å². The SMILES string of the molecule is CCc1c(F)ccc2cc(O)cc(-c3ncc4c(N5CCC(C(=O)n6cc(N(C)C)cn6)CC5)nc(OC[C@@]56CCCN5C[C@H](F)C6)nc4c3F)c12. The Morgan fingerprint density at radius 3 is 2.67 bits per heavy atom. The molecule has 0 unspecified atom stereocenters. The number of aryl methyl sites for hydroxylation is 1. The van der Waals surface area contributed by atoms with Gasteiger partial charge in [-0.25, -0.2) is 17.9 Å². The van der Waals surface area contributed by atoms with Gasteiger partial charge in [-0.1, -0.05) is 13.0 Å². The van der Waals surface area contributed by atoms with E-state index in [1.54, 1.807) is 18.5 Å². The maximum Gasteiger partial charge on any atom is 0.319 e. The Labute approximate surface area is 299 Å². The van der Waals surface area contributed by atoms with Crippen molar-refractivity contribution in [3.05, 3.63) is 60.1 Å². The van der Waals surface area contributed by atoms with Gasteiger partial charge in [0.1, 0.15) is 41.4 Å². The first-order valence-electron chi connectivity index (χ1n) is 17.9. The average molecular weight is 715 g/mol. The molecule has 0 spiro atoms. The molecule has 1 N–H and O–H groups in total. The van der Waals surface area contributed by atoms with Gasteiger partial charge in [0.15, 0.2) is 5.82 Å². The number of pyridine rings is 1. The van der Waals surface area contributed by atoms with Gasteiger partial charge in [-0.05, 0) is 73.2 Å². The number of aromatic hydroxyl groups is 1. The number of fused-ring (bicyclic) bond motifs is 3. The lowest BCUT2D eigenvalue weighted by molar-refractivity contribution is 0.0796. The summed E-state index contributed by atoms with van der Waals surface area (Å²) in [6.45, 7) is 4.02. The Balaban J connectivity index is 1.18. The Morgan fingerprint density at radius 2 is 1.92 bits per heavy atom. The number of piperidine rings is 1. The van der Waals surface area contributed by atoms with Crippen LogP contribution in [0.25, 0.3) is 32.9 Å². The van der Waals surface area contributed by atoms with Crippen molar-refractivity contribution in [2.75, 3.05) is 56.7 Å². The number of anilines is 2. The average Bonchev–Trinajstić information content (AvgIpc) is 3.86. The van der Waals surface area contributed by atoms with Gasteiger partial charge in [-0.3, -0.25) is 14.7 Å². The van der Waals surface area contributed by atoms with E-state index in [4.69, 9.17) is 9.72 Å². The van der Waals surface area contributed by atoms with Crippen LogP contribution in [0.5, 0.6) is 11.8 Å². The van der Waals surface area contributed by atoms with Crippen LogP contribution >= 0.6 is 0 Å². The molecule has 6 heterocycles. The second kappa shape index (κ2) is 13.2. The molecule has 3 aliphatic rings. The molecular weight excluding hydrogens is 673 g/mol. The third-order valence-corrected chi connectivity index (χ3v) is 11.1. The van der Waals surface area contributed by atoms with Crippen LogP contribution in [0, 0.1) is 17.6 Å². The topological polar surface area (TPSA) is 113 Å². The van der Waals surface area contributed by atoms with Crippen LogP contribution in [0.15, 0.2) is 42.9 Å². The first kappa shape index (κ1) is 34.1. The quantitative estimate of drug-likeness (QED) is 0.201. The molecule has 14 heteroatoms. The Kier molecular flexibility index (Phi) is 8.67. The molecule has 272 valence electrons. The molecule has 3 saturated heterocycles. The number of hydrogen-bond acceptors (Lipinski definition) is 10. The fourth-order valence-corrected chi connectivity index (χ4v) is 8.39. The molecule has 0 saturated carbocycles. The van der Waals surface area contributed by atoms with E-state index < -0.39 is 23.3 Å². The number of alkyl halides is 1. The molecule has 2 atom stereocenters. The highest BCUT2D eigenvalue weighted by atomic mass is 19.1. The van der Waals surface area contributed by atoms with Gasteiger partial charge in [-0.15, -0.1) is 0 Å². The Bertz CT molecular complexity index is 2190. The predicted octanol–water partition coefficient (Wildman–Crippen LogP) is 6.17. The van der Waals surface area contributed by atoms with Crippen molar-refractivity contribution in [1.82, 2.24) is 29.6 Å². The Hall–Kier alpha value is -4.98. The highest BCUT2D eigenvalue weighted by Crippen LogP contribution is 2.42. The van der Waals surface area contributed by atoms with Crippen LogP contribution in [0.4, 0.5) is 24.7 Å². The van der Waals surface area contributed by atoms with Crippen LogP contribution in [0.2, 0.25) is 0 Å². The van der Waals surface area contributed by atoms with E-state index in [2.05, 4.69) is 20.0 Å². The molecular formula is C38H41F3N8O3. The fourth-order valence-electron chi connectivity index (χ4n) is 8.39. The normalized spacial score (nSPS) is 21.0. The van der Waals surface area contributed by atoms with Crippen molar-refractivity contribution >= 4 is 39.1 Å². The smallest absolute Gasteiger partial charge is 0.319 e. The summed E-state index contributed by atoms with van der Waals surface area (Å²) in [5, 5.41) is 16.3. The van der Waals surface area contributed by atoms with Gasteiger partial charge in [0.2, 0.25) is 5.91 Å². The maximum atomic E-state index is 17.0. The van der Waals surface area contributed by atoms with Gasteiger partial charge < -0.3 is 19.6 Å². The number of rotatable bonds is 8. The summed E-state index contributed by atoms with van der Waals surface area (Å²) in [5.41, 5.74) is 0.839. The fraction of sp³-hybridized carbons (Fsp3) is 0.447. The first-order chi connectivity index (χ1) is 25.0. The number of ether oxygens (including phenoxy) is 1. The van der Waals surface area contributed by atoms with E-state index in [1.807, 2.05) is 30.8 Å². The number of nitrogens with zero attached hydrogens (tertiary/aromatic N) is 8. The standard InChI is InChI=1S/C38H41F3N8O3/c1-4-27-30(40)7-6-23-14-26(50)15-28(31(23)27)33-32(41)34-29(18-42-33)35(45-37(44-34)52-21-38-10-5-11-48(38)19-24(39)16-38)47-12-8-22(9-13-47)36(51)49-20-25(17-43-49)46(2)3/h6-7,14-15,17-18,20,22,24,50H,4-5,8-13,16,19,21H2,1-3H3/t24-,38+/m1/s1. The van der Waals surface area contributed by atoms with Crippen molar-refractivity contribution in [2.24, 2.45) is 5.92 Å². The van der Waals surface area contributed by atoms with E-state index >= 15 is 8.78 Å². The summed E-state index contributed by atoms with van der Waals surface area (Å²) in [4.78, 5) is 33.3. The zero-order valence-corrected chi connectivity index (χ0v) is 29.4. The van der Waals surface area contributed by atoms with Crippen molar-refractivity contribution in [3.8, 4) is 23.0 Å². The van der Waals surface area contributed by atoms with Crippen molar-refractivity contribution in [3.63, 3.8) is 0 Å². The molecule has 3 aromatic heterocycles. The van der Waals surface area contributed by atoms with Gasteiger partial charge in [0.05, 0.1) is 29.0 Å². The maximum absolute atomic E-state index is 17.0. The first-order valence-corrected chi connectivity index (χ1v) is 17.9. The highest BCUT2D eigenvalue weighted by Gasteiger charge is 2.49. The molecule has 3 fully saturated rings. The summed E-state index contributed by atoms with van der Waals surface area (Å²) < 4.78 is 54.2. The van der Waals surface area contributed by atoms with Crippen LogP contribution in [-0.2, 0) is 6.42 Å². The molecule has 0 amide bonds. The van der Waals surface area contributed by atoms with Gasteiger partial charge in [-0.2, -0.15) is 15.1 Å². The lowest BCUT2D eigenvalue weighted by Crippen LogP contribution is -2.43. The molecule has 0 radical (unpaired) electrons. The molecule has 2 aromatic carbocycles. The summed E-state index contributed by atoms with van der Waals surface area (Å²) in [5.74, 6) is -1.26. The second-order valence-corrected chi connectivity index (χ2v) is 14.5. The van der Waals surface area contributed by atoms with Crippen molar-refractivity contribution < 1.29 is 27.8 Å². The molecule has 5 aromatic rings. The Morgan fingerprint density at radius 1 is 1.12 bits per heavy atom. The minimum Gasteiger partial charge on any atom is -0.508 e. The zero-order valence-electron chi connectivity index (χ0n) is 29.4. The van der Waals surface area contributed by atoms with E-state index in [0.29, 0.717) is 72.9 Å². The van der Waals surface area contributed by atoms with E-state index in [0.717, 1.165) is 25.1 Å². The number of halogens is 3. The third kappa shape index (κ3) is 5.86. The van der Waals surface area contributed by atoms with Crippen molar-refractivity contribution in [2.45, 2.75) is 57.2 Å². The van der Waals surface area contributed by atoms with Crippen LogP contribution in [0.1, 0.15) is 49.4 Å². The lowest BCUT2D eigenvalue weighted by Gasteiger charge is -2.33. The molecule has 3 aliphatic heterocycles. The zero-order chi connectivity index (χ0) is 36.3. The number of benzene rings is 2. The van der Waals surface area contributed by atoms with E-state index in [1.165, 1.54) is 29.1 Å². The van der Waals surface area contributed by atoms with Gasteiger partial charge in [0, 0.05) is 57.8 Å². The van der Waals surface area contributed by atoms with E-state index in [-0.39, 0.29) is 47.0 Å². The molecule has 11 nitrogen and oxygen atoms in total. The lowest BCUT2D eigenvalue weighted by atomic mass is 9.94.